The molecule has 0 fully saturated rings. The van der Waals surface area contributed by atoms with Crippen LogP contribution in [-0.4, -0.2) is 11.3 Å². The molecular weight excluding hydrogens is 685 g/mol. The smallest absolute Gasteiger partial charge is 0.252 e. The number of fused-ring (bicyclic) bond motifs is 12. The Balaban J connectivity index is 1.24. The molecule has 0 saturated carbocycles. The van der Waals surface area contributed by atoms with Gasteiger partial charge >= 0.3 is 0 Å². The van der Waals surface area contributed by atoms with E-state index in [0.717, 1.165) is 0 Å². The van der Waals surface area contributed by atoms with Crippen molar-refractivity contribution in [2.75, 3.05) is 9.80 Å². The van der Waals surface area contributed by atoms with E-state index in [1.165, 1.54) is 109 Å². The van der Waals surface area contributed by atoms with Crippen LogP contribution in [0.4, 0.5) is 34.1 Å². The molecule has 0 unspecified atom stereocenters. The maximum atomic E-state index is 2.63. The van der Waals surface area contributed by atoms with Gasteiger partial charge in [0.05, 0.1) is 28.1 Å². The highest BCUT2D eigenvalue weighted by Gasteiger charge is 2.47. The van der Waals surface area contributed by atoms with Crippen molar-refractivity contribution in [3.8, 4) is 5.69 Å². The van der Waals surface area contributed by atoms with E-state index in [0.29, 0.717) is 0 Å². The van der Waals surface area contributed by atoms with Gasteiger partial charge in [-0.2, -0.15) is 0 Å². The summed E-state index contributed by atoms with van der Waals surface area (Å²) < 4.78 is 5.20. The summed E-state index contributed by atoms with van der Waals surface area (Å²) in [6.07, 6.45) is 0. The summed E-state index contributed by atoms with van der Waals surface area (Å²) in [5.74, 6) is 0. The lowest BCUT2D eigenvalue weighted by molar-refractivity contribution is 0.590. The van der Waals surface area contributed by atoms with Gasteiger partial charge in [0.2, 0.25) is 0 Å². The Morgan fingerprint density at radius 1 is 0.473 bits per heavy atom. The predicted molar refractivity (Wildman–Crippen MR) is 239 cm³/mol. The third kappa shape index (κ3) is 4.12. The van der Waals surface area contributed by atoms with Crippen molar-refractivity contribution in [3.05, 3.63) is 145 Å². The second-order valence-corrected chi connectivity index (χ2v) is 18.9. The molecule has 2 aromatic heterocycles. The molecule has 0 atom stereocenters. The van der Waals surface area contributed by atoms with Gasteiger partial charge in [-0.05, 0) is 99.0 Å². The monoisotopic (exact) mass is 725 g/mol. The first-order valence-corrected chi connectivity index (χ1v) is 20.4. The van der Waals surface area contributed by atoms with Crippen LogP contribution in [0.15, 0.2) is 133 Å². The zero-order chi connectivity index (χ0) is 37.1. The van der Waals surface area contributed by atoms with Crippen molar-refractivity contribution >= 4 is 111 Å². The summed E-state index contributed by atoms with van der Waals surface area (Å²) in [4.78, 5) is 5.22. The molecule has 12 rings (SSSR count). The highest BCUT2D eigenvalue weighted by molar-refractivity contribution is 7.25. The molecule has 3 aliphatic heterocycles. The quantitative estimate of drug-likeness (QED) is 0.156. The Kier molecular flexibility index (Phi) is 6.02. The van der Waals surface area contributed by atoms with Gasteiger partial charge in [-0.3, -0.25) is 0 Å². The normalized spacial score (nSPS) is 14.3. The minimum absolute atomic E-state index is 0.00101. The number of thiophene rings is 1. The number of nitrogens with zero attached hydrogens (tertiary/aromatic N) is 3. The summed E-state index contributed by atoms with van der Waals surface area (Å²) in [5.41, 5.74) is 18.1. The fourth-order valence-electron chi connectivity index (χ4n) is 9.92. The van der Waals surface area contributed by atoms with Crippen molar-refractivity contribution in [1.29, 1.82) is 0 Å². The van der Waals surface area contributed by atoms with E-state index in [9.17, 15) is 0 Å². The summed E-state index contributed by atoms with van der Waals surface area (Å²) in [5, 5.41) is 5.24. The Bertz CT molecular complexity index is 3150. The van der Waals surface area contributed by atoms with Crippen molar-refractivity contribution in [2.24, 2.45) is 0 Å². The second-order valence-electron chi connectivity index (χ2n) is 17.8. The number of benzene rings is 7. The lowest BCUT2D eigenvalue weighted by atomic mass is 9.33. The molecule has 3 aliphatic rings. The molecule has 0 bridgehead atoms. The minimum atomic E-state index is -0.0763. The molecule has 0 radical (unpaired) electrons. The molecule has 0 amide bonds. The Hall–Kier alpha value is -5.78. The molecule has 55 heavy (non-hydrogen) atoms. The van der Waals surface area contributed by atoms with E-state index >= 15 is 0 Å². The Morgan fingerprint density at radius 3 is 1.98 bits per heavy atom. The van der Waals surface area contributed by atoms with Crippen LogP contribution in [0.2, 0.25) is 0 Å². The van der Waals surface area contributed by atoms with Crippen LogP contribution >= 0.6 is 11.3 Å². The van der Waals surface area contributed by atoms with Gasteiger partial charge in [-0.25, -0.2) is 0 Å². The zero-order valence-corrected chi connectivity index (χ0v) is 32.8. The van der Waals surface area contributed by atoms with Crippen LogP contribution in [0, 0.1) is 0 Å². The minimum Gasteiger partial charge on any atom is -0.311 e. The number of hydrogen-bond acceptors (Lipinski definition) is 3. The third-order valence-corrected chi connectivity index (χ3v) is 13.7. The van der Waals surface area contributed by atoms with Gasteiger partial charge < -0.3 is 14.4 Å². The predicted octanol–water partition coefficient (Wildman–Crippen LogP) is 12.1. The van der Waals surface area contributed by atoms with Gasteiger partial charge in [0.15, 0.2) is 0 Å². The third-order valence-electron chi connectivity index (χ3n) is 12.6. The fourth-order valence-corrected chi connectivity index (χ4v) is 11.0. The van der Waals surface area contributed by atoms with Gasteiger partial charge in [-0.15, -0.1) is 11.3 Å². The maximum Gasteiger partial charge on any atom is 0.252 e. The molecule has 3 nitrogen and oxygen atoms in total. The van der Waals surface area contributed by atoms with Crippen LogP contribution in [0.25, 0.3) is 47.7 Å². The summed E-state index contributed by atoms with van der Waals surface area (Å²) in [6, 6.07) is 51.2. The second kappa shape index (κ2) is 10.5. The number of rotatable bonds is 1. The van der Waals surface area contributed by atoms with E-state index in [2.05, 4.69) is 189 Å². The molecule has 5 heteroatoms. The van der Waals surface area contributed by atoms with Gasteiger partial charge in [0, 0.05) is 53.7 Å². The average molecular weight is 726 g/mol. The summed E-state index contributed by atoms with van der Waals surface area (Å²) in [7, 11) is 0. The Morgan fingerprint density at radius 2 is 1.16 bits per heavy atom. The SMILES string of the molecule is CC(C)(C)c1ccc2c(c1)B1c3cccc4c3N(c3cc(C(C)(C)C)cc(c31)N2c1ccc2sc3ccccc3c2c1)c1cccc2c3ccccc3n-4c12. The van der Waals surface area contributed by atoms with E-state index in [1.807, 2.05) is 11.3 Å². The number of aromatic nitrogens is 1. The van der Waals surface area contributed by atoms with Crippen LogP contribution in [0.3, 0.4) is 0 Å². The molecule has 0 spiro atoms. The van der Waals surface area contributed by atoms with Crippen molar-refractivity contribution < 1.29 is 0 Å². The molecule has 5 heterocycles. The average Bonchev–Trinajstić information content (AvgIpc) is 3.72. The largest absolute Gasteiger partial charge is 0.311 e. The molecule has 7 aromatic carbocycles. The van der Waals surface area contributed by atoms with E-state index in [-0.39, 0.29) is 17.5 Å². The number of hydrogen-bond donors (Lipinski definition) is 0. The van der Waals surface area contributed by atoms with Gasteiger partial charge in [0.25, 0.3) is 6.71 Å². The topological polar surface area (TPSA) is 11.4 Å². The van der Waals surface area contributed by atoms with Crippen LogP contribution in [0.5, 0.6) is 0 Å². The van der Waals surface area contributed by atoms with Gasteiger partial charge in [-0.1, -0.05) is 114 Å². The Labute approximate surface area is 326 Å². The van der Waals surface area contributed by atoms with E-state index in [4.69, 9.17) is 0 Å². The first-order valence-electron chi connectivity index (χ1n) is 19.6. The number of para-hydroxylation sites is 3. The zero-order valence-electron chi connectivity index (χ0n) is 32.0. The van der Waals surface area contributed by atoms with Crippen molar-refractivity contribution in [3.63, 3.8) is 0 Å². The highest BCUT2D eigenvalue weighted by atomic mass is 32.1. The number of anilines is 6. The molecule has 0 N–H and O–H groups in total. The van der Waals surface area contributed by atoms with Crippen LogP contribution in [-0.2, 0) is 10.8 Å². The van der Waals surface area contributed by atoms with Crippen LogP contribution in [0.1, 0.15) is 52.7 Å². The van der Waals surface area contributed by atoms with Crippen molar-refractivity contribution in [2.45, 2.75) is 52.4 Å². The molecule has 9 aromatic rings. The maximum absolute atomic E-state index is 2.63. The molecule has 264 valence electrons. The van der Waals surface area contributed by atoms with E-state index < -0.39 is 0 Å². The van der Waals surface area contributed by atoms with E-state index in [1.54, 1.807) is 0 Å². The molecular formula is C50H40BN3S. The van der Waals surface area contributed by atoms with Gasteiger partial charge in [0.1, 0.15) is 0 Å². The lowest BCUT2D eigenvalue weighted by Crippen LogP contribution is -2.62. The highest BCUT2D eigenvalue weighted by Crippen LogP contribution is 2.53. The molecule has 0 aliphatic carbocycles. The lowest BCUT2D eigenvalue weighted by Gasteiger charge is -2.47. The first kappa shape index (κ1) is 31.6. The first-order chi connectivity index (χ1) is 26.6. The molecule has 0 saturated heterocycles. The standard InChI is InChI=1S/C50H40BN3S/c1-49(2,3)29-21-23-39-37(25-29)51-36-16-12-19-41-48(36)54(40-18-11-15-34-32-13-7-9-17-38(32)53(41)47(34)40)43-27-30(50(4,5)6)26-42(46(43)51)52(39)31-22-24-45-35(28-31)33-14-8-10-20-44(33)55-45/h7-28H,1-6H3. The van der Waals surface area contributed by atoms with Crippen molar-refractivity contribution in [1.82, 2.24) is 4.57 Å². The summed E-state index contributed by atoms with van der Waals surface area (Å²) in [6.45, 7) is 14.2. The fraction of sp³-hybridized carbons (Fsp3) is 0.160. The summed E-state index contributed by atoms with van der Waals surface area (Å²) >= 11 is 1.88. The van der Waals surface area contributed by atoms with Crippen LogP contribution < -0.4 is 26.2 Å².